The number of nitrogen functional groups attached to an aromatic ring is 1. The Hall–Kier alpha value is -1.20. The van der Waals surface area contributed by atoms with Crippen molar-refractivity contribution in [1.82, 2.24) is 5.43 Å². The molecule has 4 nitrogen and oxygen atoms in total. The molecule has 0 saturated heterocycles. The molecule has 16 heavy (non-hydrogen) atoms. The average Bonchev–Trinajstić information content (AvgIpc) is 2.29. The summed E-state index contributed by atoms with van der Waals surface area (Å²) in [4.78, 5) is 12.1. The maximum atomic E-state index is 10.9. The first kappa shape index (κ1) is 12.9. The van der Waals surface area contributed by atoms with Gasteiger partial charge < -0.3 is 5.73 Å². The van der Waals surface area contributed by atoms with Gasteiger partial charge in [0.25, 0.3) is 0 Å². The molecular formula is C11H17N3OS. The van der Waals surface area contributed by atoms with E-state index in [4.69, 9.17) is 11.6 Å². The zero-order chi connectivity index (χ0) is 12.0. The molecule has 1 aromatic rings. The molecule has 88 valence electrons. The zero-order valence-corrected chi connectivity index (χ0v) is 10.1. The Morgan fingerprint density at radius 2 is 2.25 bits per heavy atom. The molecule has 0 aliphatic carbocycles. The number of hydrogen-bond donors (Lipinski definition) is 3. The summed E-state index contributed by atoms with van der Waals surface area (Å²) in [5.41, 5.74) is 9.83. The number of nitrogens with one attached hydrogen (secondary N) is 1. The molecule has 0 aliphatic heterocycles. The lowest BCUT2D eigenvalue weighted by atomic mass is 10.2. The molecule has 1 amide bonds. The van der Waals surface area contributed by atoms with E-state index in [1.165, 1.54) is 4.90 Å². The Bertz CT molecular complexity index is 368. The summed E-state index contributed by atoms with van der Waals surface area (Å²) in [6, 6.07) is 5.87. The molecule has 5 heteroatoms. The Kier molecular flexibility index (Phi) is 5.14. The van der Waals surface area contributed by atoms with Crippen LogP contribution in [0.2, 0.25) is 0 Å². The number of rotatable bonds is 5. The van der Waals surface area contributed by atoms with Crippen LogP contribution in [0.3, 0.4) is 0 Å². The molecule has 0 saturated carbocycles. The third-order valence-corrected chi connectivity index (χ3v) is 3.54. The highest BCUT2D eigenvalue weighted by Crippen LogP contribution is 2.26. The summed E-state index contributed by atoms with van der Waals surface area (Å²) in [5, 5.41) is 0. The van der Waals surface area contributed by atoms with Crippen molar-refractivity contribution in [2.75, 3.05) is 11.5 Å². The molecule has 0 heterocycles. The molecule has 0 atom stereocenters. The second-order valence-corrected chi connectivity index (χ2v) is 4.63. The van der Waals surface area contributed by atoms with Crippen LogP contribution >= 0.6 is 11.8 Å². The third kappa shape index (κ3) is 3.75. The van der Waals surface area contributed by atoms with Crippen LogP contribution in [-0.4, -0.2) is 11.7 Å². The van der Waals surface area contributed by atoms with Crippen molar-refractivity contribution in [3.8, 4) is 0 Å². The Balaban J connectivity index is 2.38. The van der Waals surface area contributed by atoms with Gasteiger partial charge in [-0.15, -0.1) is 11.8 Å². The predicted molar refractivity (Wildman–Crippen MR) is 67.9 cm³/mol. The fraction of sp³-hybridized carbons (Fsp3) is 0.364. The average molecular weight is 239 g/mol. The third-order valence-electron chi connectivity index (χ3n) is 2.29. The first-order valence-corrected chi connectivity index (χ1v) is 6.11. The number of nitrogens with two attached hydrogens (primary N) is 2. The van der Waals surface area contributed by atoms with E-state index in [-0.39, 0.29) is 5.91 Å². The highest BCUT2D eigenvalue weighted by molar-refractivity contribution is 7.99. The number of hydrogen-bond acceptors (Lipinski definition) is 4. The molecule has 0 spiro atoms. The second kappa shape index (κ2) is 6.40. The highest BCUT2D eigenvalue weighted by atomic mass is 32.2. The molecule has 1 rings (SSSR count). The minimum Gasteiger partial charge on any atom is -0.398 e. The van der Waals surface area contributed by atoms with Crippen LogP contribution in [0.4, 0.5) is 5.69 Å². The van der Waals surface area contributed by atoms with Crippen LogP contribution in [0.5, 0.6) is 0 Å². The lowest BCUT2D eigenvalue weighted by molar-refractivity contribution is -0.121. The van der Waals surface area contributed by atoms with Crippen LogP contribution in [0.25, 0.3) is 0 Å². The maximum absolute atomic E-state index is 10.9. The second-order valence-electron chi connectivity index (χ2n) is 3.49. The van der Waals surface area contributed by atoms with Crippen LogP contribution in [0, 0.1) is 6.92 Å². The van der Waals surface area contributed by atoms with Gasteiger partial charge in [-0.25, -0.2) is 5.84 Å². The fourth-order valence-electron chi connectivity index (χ4n) is 1.27. The number of anilines is 1. The van der Waals surface area contributed by atoms with Crippen LogP contribution in [0.15, 0.2) is 23.1 Å². The topological polar surface area (TPSA) is 81.1 Å². The van der Waals surface area contributed by atoms with Crippen molar-refractivity contribution in [1.29, 1.82) is 0 Å². The predicted octanol–water partition coefficient (Wildman–Crippen LogP) is 1.44. The van der Waals surface area contributed by atoms with Crippen molar-refractivity contribution in [3.63, 3.8) is 0 Å². The number of amides is 1. The van der Waals surface area contributed by atoms with Gasteiger partial charge in [-0.05, 0) is 36.8 Å². The largest absolute Gasteiger partial charge is 0.398 e. The van der Waals surface area contributed by atoms with E-state index in [0.29, 0.717) is 6.42 Å². The van der Waals surface area contributed by atoms with E-state index in [1.54, 1.807) is 11.8 Å². The van der Waals surface area contributed by atoms with Gasteiger partial charge in [0.05, 0.1) is 0 Å². The minimum absolute atomic E-state index is 0.120. The van der Waals surface area contributed by atoms with E-state index in [2.05, 4.69) is 5.43 Å². The number of benzene rings is 1. The molecule has 0 bridgehead atoms. The van der Waals surface area contributed by atoms with E-state index in [9.17, 15) is 4.79 Å². The summed E-state index contributed by atoms with van der Waals surface area (Å²) in [5.74, 6) is 5.75. The molecular weight excluding hydrogens is 222 g/mol. The van der Waals surface area contributed by atoms with Gasteiger partial charge in [0.15, 0.2) is 0 Å². The van der Waals surface area contributed by atoms with Gasteiger partial charge in [0.1, 0.15) is 0 Å². The molecule has 0 aromatic heterocycles. The quantitative estimate of drug-likeness (QED) is 0.181. The molecule has 1 aromatic carbocycles. The first-order chi connectivity index (χ1) is 7.65. The van der Waals surface area contributed by atoms with Crippen LogP contribution in [-0.2, 0) is 4.79 Å². The summed E-state index contributed by atoms with van der Waals surface area (Å²) in [6.45, 7) is 2.00. The van der Waals surface area contributed by atoms with Crippen LogP contribution < -0.4 is 17.0 Å². The molecule has 0 unspecified atom stereocenters. The van der Waals surface area contributed by atoms with E-state index < -0.39 is 0 Å². The van der Waals surface area contributed by atoms with Crippen molar-refractivity contribution < 1.29 is 4.79 Å². The van der Waals surface area contributed by atoms with Crippen molar-refractivity contribution >= 4 is 23.4 Å². The smallest absolute Gasteiger partial charge is 0.233 e. The summed E-state index contributed by atoms with van der Waals surface area (Å²) in [6.07, 6.45) is 1.27. The highest BCUT2D eigenvalue weighted by Gasteiger charge is 2.03. The van der Waals surface area contributed by atoms with Gasteiger partial charge >= 0.3 is 0 Å². The molecule has 5 N–H and O–H groups in total. The van der Waals surface area contributed by atoms with Gasteiger partial charge in [0.2, 0.25) is 5.91 Å². The first-order valence-electron chi connectivity index (χ1n) is 5.12. The van der Waals surface area contributed by atoms with E-state index in [1.807, 2.05) is 25.1 Å². The van der Waals surface area contributed by atoms with E-state index in [0.717, 1.165) is 23.4 Å². The molecule has 0 radical (unpaired) electrons. The normalized spacial score (nSPS) is 10.1. The maximum Gasteiger partial charge on any atom is 0.233 e. The van der Waals surface area contributed by atoms with Crippen molar-refractivity contribution in [3.05, 3.63) is 23.8 Å². The van der Waals surface area contributed by atoms with Crippen molar-refractivity contribution in [2.24, 2.45) is 5.84 Å². The number of hydrazine groups is 1. The lowest BCUT2D eigenvalue weighted by Crippen LogP contribution is -2.29. The van der Waals surface area contributed by atoms with Gasteiger partial charge in [-0.1, -0.05) is 6.07 Å². The number of carbonyl (C=O) groups is 1. The zero-order valence-electron chi connectivity index (χ0n) is 9.32. The van der Waals surface area contributed by atoms with Crippen LogP contribution in [0.1, 0.15) is 18.4 Å². The Labute approximate surface area is 99.7 Å². The molecule has 0 aliphatic rings. The summed E-state index contributed by atoms with van der Waals surface area (Å²) < 4.78 is 0. The van der Waals surface area contributed by atoms with E-state index >= 15 is 0 Å². The molecule has 0 fully saturated rings. The Morgan fingerprint density at radius 3 is 2.94 bits per heavy atom. The van der Waals surface area contributed by atoms with Gasteiger partial charge in [-0.3, -0.25) is 10.2 Å². The summed E-state index contributed by atoms with van der Waals surface area (Å²) in [7, 11) is 0. The number of carbonyl (C=O) groups excluding carboxylic acids is 1. The van der Waals surface area contributed by atoms with Crippen molar-refractivity contribution in [2.45, 2.75) is 24.7 Å². The standard InChI is InChI=1S/C11H17N3OS/c1-8-9(12)4-2-5-10(8)16-7-3-6-11(15)14-13/h2,4-5H,3,6-7,12-13H2,1H3,(H,14,15). The van der Waals surface area contributed by atoms with Gasteiger partial charge in [0, 0.05) is 17.0 Å². The fourth-order valence-corrected chi connectivity index (χ4v) is 2.29. The Morgan fingerprint density at radius 1 is 1.50 bits per heavy atom. The number of thioether (sulfide) groups is 1. The lowest BCUT2D eigenvalue weighted by Gasteiger charge is -2.07. The SMILES string of the molecule is Cc1c(N)cccc1SCCCC(=O)NN. The monoisotopic (exact) mass is 239 g/mol. The van der Waals surface area contributed by atoms with Gasteiger partial charge in [-0.2, -0.15) is 0 Å². The minimum atomic E-state index is -0.120. The summed E-state index contributed by atoms with van der Waals surface area (Å²) >= 11 is 1.71.